The Bertz CT molecular complexity index is 1230. The number of amides is 1. The fraction of sp³-hybridized carbons (Fsp3) is 0.286. The molecule has 1 fully saturated rings. The summed E-state index contributed by atoms with van der Waals surface area (Å²) in [6.07, 6.45) is 2.66. The van der Waals surface area contributed by atoms with Gasteiger partial charge in [0, 0.05) is 32.5 Å². The molecule has 10 heteroatoms. The average molecular weight is 439 g/mol. The SMILES string of the molecule is Cn1ccc(C(=O)N2C[C@@H]3Oc4ncccc4S(=O)(=O)N(Cc4ccccc4)[C@@H]3C2)n1. The normalized spacial score (nSPS) is 22.3. The third kappa shape index (κ3) is 3.47. The fourth-order valence-corrected chi connectivity index (χ4v) is 5.78. The van der Waals surface area contributed by atoms with Crippen LogP contribution in [0.3, 0.4) is 0 Å². The molecule has 2 aliphatic rings. The number of likely N-dealkylation sites (tertiary alicyclic amines) is 1. The van der Waals surface area contributed by atoms with Crippen molar-refractivity contribution in [1.29, 1.82) is 0 Å². The predicted molar refractivity (Wildman–Crippen MR) is 111 cm³/mol. The number of hydrogen-bond donors (Lipinski definition) is 0. The van der Waals surface area contributed by atoms with Crippen molar-refractivity contribution in [2.75, 3.05) is 13.1 Å². The van der Waals surface area contributed by atoms with Crippen molar-refractivity contribution in [3.8, 4) is 5.88 Å². The molecule has 1 saturated heterocycles. The van der Waals surface area contributed by atoms with Crippen LogP contribution in [-0.4, -0.2) is 63.5 Å². The Morgan fingerprint density at radius 1 is 1.13 bits per heavy atom. The Balaban J connectivity index is 1.53. The van der Waals surface area contributed by atoms with E-state index in [1.165, 1.54) is 16.6 Å². The minimum atomic E-state index is -3.89. The number of aryl methyl sites for hydroxylation is 1. The molecule has 0 spiro atoms. The maximum atomic E-state index is 13.6. The highest BCUT2D eigenvalue weighted by Gasteiger charge is 2.48. The van der Waals surface area contributed by atoms with Crippen molar-refractivity contribution in [3.05, 3.63) is 72.2 Å². The van der Waals surface area contributed by atoms with E-state index in [2.05, 4.69) is 10.1 Å². The summed E-state index contributed by atoms with van der Waals surface area (Å²) >= 11 is 0. The van der Waals surface area contributed by atoms with Crippen LogP contribution < -0.4 is 4.74 Å². The smallest absolute Gasteiger partial charge is 0.274 e. The lowest BCUT2D eigenvalue weighted by Gasteiger charge is -2.28. The predicted octanol–water partition coefficient (Wildman–Crippen LogP) is 1.29. The second kappa shape index (κ2) is 7.47. The molecule has 1 amide bonds. The number of carbonyl (C=O) groups is 1. The second-order valence-electron chi connectivity index (χ2n) is 7.65. The number of aromatic nitrogens is 3. The Morgan fingerprint density at radius 2 is 1.94 bits per heavy atom. The summed E-state index contributed by atoms with van der Waals surface area (Å²) in [5.41, 5.74) is 1.17. The van der Waals surface area contributed by atoms with Crippen molar-refractivity contribution in [2.45, 2.75) is 23.6 Å². The average Bonchev–Trinajstić information content (AvgIpc) is 3.37. The van der Waals surface area contributed by atoms with E-state index in [9.17, 15) is 13.2 Å². The summed E-state index contributed by atoms with van der Waals surface area (Å²) in [7, 11) is -2.15. The van der Waals surface area contributed by atoms with Gasteiger partial charge in [-0.3, -0.25) is 9.48 Å². The third-order valence-corrected chi connectivity index (χ3v) is 7.48. The van der Waals surface area contributed by atoms with Crippen molar-refractivity contribution >= 4 is 15.9 Å². The van der Waals surface area contributed by atoms with Gasteiger partial charge in [-0.15, -0.1) is 0 Å². The van der Waals surface area contributed by atoms with Gasteiger partial charge in [-0.05, 0) is 23.8 Å². The highest BCUT2D eigenvalue weighted by Crippen LogP contribution is 2.36. The van der Waals surface area contributed by atoms with Crippen LogP contribution in [0.2, 0.25) is 0 Å². The van der Waals surface area contributed by atoms with Crippen LogP contribution in [0.4, 0.5) is 0 Å². The summed E-state index contributed by atoms with van der Waals surface area (Å²) in [5.74, 6) is -0.184. The molecule has 160 valence electrons. The number of sulfonamides is 1. The van der Waals surface area contributed by atoms with E-state index in [4.69, 9.17) is 4.74 Å². The lowest BCUT2D eigenvalue weighted by atomic mass is 10.1. The van der Waals surface area contributed by atoms with Gasteiger partial charge < -0.3 is 9.64 Å². The Labute approximate surface area is 179 Å². The molecule has 3 aromatic rings. The fourth-order valence-electron chi connectivity index (χ4n) is 4.08. The van der Waals surface area contributed by atoms with Gasteiger partial charge in [0.25, 0.3) is 5.91 Å². The Morgan fingerprint density at radius 3 is 2.68 bits per heavy atom. The molecule has 0 N–H and O–H groups in total. The van der Waals surface area contributed by atoms with Gasteiger partial charge in [-0.25, -0.2) is 13.4 Å². The van der Waals surface area contributed by atoms with Crippen LogP contribution in [0.5, 0.6) is 5.88 Å². The van der Waals surface area contributed by atoms with Gasteiger partial charge in [0.15, 0.2) is 0 Å². The first-order valence-corrected chi connectivity index (χ1v) is 11.3. The van der Waals surface area contributed by atoms with E-state index in [-0.39, 0.29) is 36.3 Å². The first-order chi connectivity index (χ1) is 14.9. The number of rotatable bonds is 3. The molecule has 1 aromatic carbocycles. The molecule has 31 heavy (non-hydrogen) atoms. The highest BCUT2D eigenvalue weighted by molar-refractivity contribution is 7.89. The summed E-state index contributed by atoms with van der Waals surface area (Å²) in [4.78, 5) is 18.8. The van der Waals surface area contributed by atoms with E-state index in [1.807, 2.05) is 30.3 Å². The van der Waals surface area contributed by atoms with Crippen LogP contribution in [0.15, 0.2) is 65.8 Å². The largest absolute Gasteiger partial charge is 0.470 e. The number of hydrogen-bond acceptors (Lipinski definition) is 6. The van der Waals surface area contributed by atoms with Crippen LogP contribution in [0.1, 0.15) is 16.1 Å². The van der Waals surface area contributed by atoms with Gasteiger partial charge in [0.1, 0.15) is 16.7 Å². The van der Waals surface area contributed by atoms with E-state index in [1.54, 1.807) is 35.0 Å². The number of carbonyl (C=O) groups excluding carboxylic acids is 1. The first-order valence-electron chi connectivity index (χ1n) is 9.90. The number of fused-ring (bicyclic) bond motifs is 2. The highest BCUT2D eigenvalue weighted by atomic mass is 32.2. The van der Waals surface area contributed by atoms with Crippen LogP contribution in [0, 0.1) is 0 Å². The number of ether oxygens (including phenoxy) is 1. The maximum Gasteiger partial charge on any atom is 0.274 e. The summed E-state index contributed by atoms with van der Waals surface area (Å²) in [5, 5.41) is 4.18. The van der Waals surface area contributed by atoms with E-state index in [0.29, 0.717) is 5.69 Å². The van der Waals surface area contributed by atoms with Crippen molar-refractivity contribution < 1.29 is 17.9 Å². The van der Waals surface area contributed by atoms with E-state index < -0.39 is 22.2 Å². The van der Waals surface area contributed by atoms with Crippen molar-refractivity contribution in [1.82, 2.24) is 24.0 Å². The van der Waals surface area contributed by atoms with Crippen LogP contribution in [0.25, 0.3) is 0 Å². The summed E-state index contributed by atoms with van der Waals surface area (Å²) < 4.78 is 36.3. The molecule has 2 atom stereocenters. The number of pyridine rings is 1. The lowest BCUT2D eigenvalue weighted by molar-refractivity contribution is 0.0763. The third-order valence-electron chi connectivity index (χ3n) is 5.59. The molecule has 0 saturated carbocycles. The number of benzene rings is 1. The van der Waals surface area contributed by atoms with Crippen LogP contribution >= 0.6 is 0 Å². The second-order valence-corrected chi connectivity index (χ2v) is 9.51. The van der Waals surface area contributed by atoms with Crippen molar-refractivity contribution in [2.24, 2.45) is 7.05 Å². The minimum absolute atomic E-state index is 0.0444. The van der Waals surface area contributed by atoms with E-state index >= 15 is 0 Å². The van der Waals surface area contributed by atoms with Gasteiger partial charge >= 0.3 is 0 Å². The van der Waals surface area contributed by atoms with Crippen LogP contribution in [-0.2, 0) is 23.6 Å². The van der Waals surface area contributed by atoms with Gasteiger partial charge in [-0.2, -0.15) is 9.40 Å². The minimum Gasteiger partial charge on any atom is -0.470 e. The van der Waals surface area contributed by atoms with Gasteiger partial charge in [-0.1, -0.05) is 30.3 Å². The molecule has 0 aliphatic carbocycles. The molecule has 0 bridgehead atoms. The molecule has 4 heterocycles. The molecule has 9 nitrogen and oxygen atoms in total. The zero-order valence-electron chi connectivity index (χ0n) is 16.8. The van der Waals surface area contributed by atoms with Gasteiger partial charge in [0.05, 0.1) is 12.6 Å². The zero-order chi connectivity index (χ0) is 21.6. The lowest BCUT2D eigenvalue weighted by Crippen LogP contribution is -2.46. The Kier molecular flexibility index (Phi) is 4.75. The molecule has 5 rings (SSSR count). The number of nitrogens with zero attached hydrogens (tertiary/aromatic N) is 5. The first kappa shape index (κ1) is 19.7. The van der Waals surface area contributed by atoms with E-state index in [0.717, 1.165) is 5.56 Å². The molecule has 0 radical (unpaired) electrons. The molecule has 2 aromatic heterocycles. The molecule has 0 unspecified atom stereocenters. The molecular weight excluding hydrogens is 418 g/mol. The topological polar surface area (TPSA) is 97.6 Å². The van der Waals surface area contributed by atoms with Gasteiger partial charge in [0.2, 0.25) is 15.9 Å². The molecule has 2 aliphatic heterocycles. The van der Waals surface area contributed by atoms with Crippen molar-refractivity contribution in [3.63, 3.8) is 0 Å². The zero-order valence-corrected chi connectivity index (χ0v) is 17.6. The quantitative estimate of drug-likeness (QED) is 0.610. The summed E-state index contributed by atoms with van der Waals surface area (Å²) in [6.45, 7) is 0.630. The molecular formula is C21H21N5O4S. The Hall–Kier alpha value is -3.24. The monoisotopic (exact) mass is 439 g/mol. The summed E-state index contributed by atoms with van der Waals surface area (Å²) in [6, 6.07) is 13.6. The standard InChI is InChI=1S/C21H21N5O4S/c1-24-11-9-16(23-24)21(27)25-13-17-18(14-25)30-20-19(8-5-10-22-20)31(28,29)26(17)12-15-6-3-2-4-7-15/h2-11,17-18H,12-14H2,1H3/t17-,18+/m1/s1. The maximum absolute atomic E-state index is 13.6.